The topological polar surface area (TPSA) is 27.7 Å². The molecule has 0 unspecified atom stereocenters. The van der Waals surface area contributed by atoms with Gasteiger partial charge in [0.15, 0.2) is 6.29 Å². The molecule has 3 rings (SSSR count). The second-order valence-electron chi connectivity index (χ2n) is 3.98. The average Bonchev–Trinajstić information content (AvgIpc) is 2.91. The van der Waals surface area contributed by atoms with Gasteiger partial charge in [0.05, 0.1) is 25.9 Å². The van der Waals surface area contributed by atoms with E-state index in [-0.39, 0.29) is 6.29 Å². The molecule has 0 radical (unpaired) electrons. The van der Waals surface area contributed by atoms with Crippen molar-refractivity contribution in [2.75, 3.05) is 20.3 Å². The molecular formula is C14H14O3. The van der Waals surface area contributed by atoms with Crippen molar-refractivity contribution < 1.29 is 14.2 Å². The first-order valence-electron chi connectivity index (χ1n) is 5.69. The zero-order valence-corrected chi connectivity index (χ0v) is 9.68. The van der Waals surface area contributed by atoms with Crippen LogP contribution in [-0.2, 0) is 9.47 Å². The number of ether oxygens (including phenoxy) is 3. The van der Waals surface area contributed by atoms with Gasteiger partial charge in [-0.3, -0.25) is 0 Å². The first-order valence-corrected chi connectivity index (χ1v) is 5.69. The van der Waals surface area contributed by atoms with Crippen LogP contribution in [0.1, 0.15) is 11.9 Å². The van der Waals surface area contributed by atoms with Gasteiger partial charge in [-0.2, -0.15) is 0 Å². The van der Waals surface area contributed by atoms with Crippen LogP contribution in [0.2, 0.25) is 0 Å². The molecule has 0 aliphatic carbocycles. The van der Waals surface area contributed by atoms with Crippen LogP contribution in [0.4, 0.5) is 0 Å². The van der Waals surface area contributed by atoms with Crippen LogP contribution in [0.5, 0.6) is 5.75 Å². The van der Waals surface area contributed by atoms with Crippen molar-refractivity contribution >= 4 is 10.8 Å². The fraction of sp³-hybridized carbons (Fsp3) is 0.286. The highest BCUT2D eigenvalue weighted by molar-refractivity contribution is 5.89. The second kappa shape index (κ2) is 4.35. The lowest BCUT2D eigenvalue weighted by Gasteiger charge is -2.15. The molecule has 1 aliphatic rings. The van der Waals surface area contributed by atoms with E-state index in [1.54, 1.807) is 7.11 Å². The van der Waals surface area contributed by atoms with Gasteiger partial charge in [0.25, 0.3) is 0 Å². The normalized spacial score (nSPS) is 16.5. The summed E-state index contributed by atoms with van der Waals surface area (Å²) in [5.41, 5.74) is 0.962. The molecule has 1 fully saturated rings. The van der Waals surface area contributed by atoms with Crippen LogP contribution in [0.15, 0.2) is 36.4 Å². The van der Waals surface area contributed by atoms with Gasteiger partial charge in [-0.25, -0.2) is 0 Å². The van der Waals surface area contributed by atoms with Crippen molar-refractivity contribution in [1.29, 1.82) is 0 Å². The van der Waals surface area contributed by atoms with Gasteiger partial charge >= 0.3 is 0 Å². The Hall–Kier alpha value is -1.58. The third-order valence-electron chi connectivity index (χ3n) is 2.99. The molecule has 0 atom stereocenters. The maximum Gasteiger partial charge on any atom is 0.187 e. The van der Waals surface area contributed by atoms with E-state index < -0.39 is 0 Å². The Morgan fingerprint density at radius 2 is 1.82 bits per heavy atom. The molecule has 0 N–H and O–H groups in total. The van der Waals surface area contributed by atoms with Crippen molar-refractivity contribution in [3.8, 4) is 5.75 Å². The fourth-order valence-electron chi connectivity index (χ4n) is 2.21. The lowest BCUT2D eigenvalue weighted by atomic mass is 10.0. The van der Waals surface area contributed by atoms with Gasteiger partial charge in [-0.1, -0.05) is 30.3 Å². The van der Waals surface area contributed by atoms with Gasteiger partial charge < -0.3 is 14.2 Å². The molecule has 3 heteroatoms. The number of hydrogen-bond donors (Lipinski definition) is 0. The summed E-state index contributed by atoms with van der Waals surface area (Å²) >= 11 is 0. The van der Waals surface area contributed by atoms with E-state index in [9.17, 15) is 0 Å². The molecule has 2 aromatic carbocycles. The quantitative estimate of drug-likeness (QED) is 0.794. The van der Waals surface area contributed by atoms with Crippen molar-refractivity contribution in [2.45, 2.75) is 6.29 Å². The van der Waals surface area contributed by atoms with Crippen molar-refractivity contribution in [3.05, 3.63) is 42.0 Å². The highest BCUT2D eigenvalue weighted by atomic mass is 16.7. The van der Waals surface area contributed by atoms with Gasteiger partial charge in [0.2, 0.25) is 0 Å². The molecule has 2 aromatic rings. The predicted octanol–water partition coefficient (Wildman–Crippen LogP) is 2.89. The van der Waals surface area contributed by atoms with Crippen LogP contribution < -0.4 is 4.74 Å². The summed E-state index contributed by atoms with van der Waals surface area (Å²) in [7, 11) is 1.68. The SMILES string of the molecule is COc1c(C2OCCO2)ccc2ccccc12. The number of fused-ring (bicyclic) bond motifs is 1. The minimum absolute atomic E-state index is 0.297. The molecule has 88 valence electrons. The summed E-state index contributed by atoms with van der Waals surface area (Å²) in [6, 6.07) is 12.2. The number of methoxy groups -OCH3 is 1. The van der Waals surface area contributed by atoms with Crippen molar-refractivity contribution in [3.63, 3.8) is 0 Å². The molecule has 17 heavy (non-hydrogen) atoms. The minimum Gasteiger partial charge on any atom is -0.496 e. The highest BCUT2D eigenvalue weighted by Crippen LogP contribution is 2.36. The lowest BCUT2D eigenvalue weighted by molar-refractivity contribution is -0.0453. The third kappa shape index (κ3) is 1.77. The Kier molecular flexibility index (Phi) is 2.71. The van der Waals surface area contributed by atoms with E-state index in [0.717, 1.165) is 22.1 Å². The molecule has 0 amide bonds. The third-order valence-corrected chi connectivity index (χ3v) is 2.99. The van der Waals surface area contributed by atoms with E-state index >= 15 is 0 Å². The molecule has 0 saturated carbocycles. The Morgan fingerprint density at radius 3 is 2.59 bits per heavy atom. The molecule has 1 heterocycles. The van der Waals surface area contributed by atoms with Gasteiger partial charge in [0, 0.05) is 5.39 Å². The number of hydrogen-bond acceptors (Lipinski definition) is 3. The first kappa shape index (κ1) is 10.6. The summed E-state index contributed by atoms with van der Waals surface area (Å²) in [6.07, 6.45) is -0.297. The maximum absolute atomic E-state index is 5.53. The maximum atomic E-state index is 5.53. The van der Waals surface area contributed by atoms with Crippen molar-refractivity contribution in [2.24, 2.45) is 0 Å². The average molecular weight is 230 g/mol. The van der Waals surface area contributed by atoms with Gasteiger partial charge in [-0.05, 0) is 11.5 Å². The number of benzene rings is 2. The summed E-state index contributed by atoms with van der Waals surface area (Å²) in [4.78, 5) is 0. The van der Waals surface area contributed by atoms with E-state index in [1.807, 2.05) is 24.3 Å². The van der Waals surface area contributed by atoms with Crippen LogP contribution in [-0.4, -0.2) is 20.3 Å². The van der Waals surface area contributed by atoms with Gasteiger partial charge in [-0.15, -0.1) is 0 Å². The zero-order chi connectivity index (χ0) is 11.7. The van der Waals surface area contributed by atoms with Gasteiger partial charge in [0.1, 0.15) is 5.75 Å². The van der Waals surface area contributed by atoms with E-state index in [1.165, 1.54) is 0 Å². The Labute approximate surface area is 99.9 Å². The van der Waals surface area contributed by atoms with Crippen LogP contribution in [0.25, 0.3) is 10.8 Å². The number of rotatable bonds is 2. The summed E-state index contributed by atoms with van der Waals surface area (Å²) < 4.78 is 16.6. The predicted molar refractivity (Wildman–Crippen MR) is 65.1 cm³/mol. The minimum atomic E-state index is -0.297. The Bertz CT molecular complexity index is 530. The molecule has 3 nitrogen and oxygen atoms in total. The first-order chi connectivity index (χ1) is 8.40. The zero-order valence-electron chi connectivity index (χ0n) is 9.68. The summed E-state index contributed by atoms with van der Waals surface area (Å²) in [5, 5.41) is 2.25. The summed E-state index contributed by atoms with van der Waals surface area (Å²) in [6.45, 7) is 1.28. The molecule has 0 spiro atoms. The molecule has 1 aliphatic heterocycles. The van der Waals surface area contributed by atoms with E-state index in [0.29, 0.717) is 13.2 Å². The monoisotopic (exact) mass is 230 g/mol. The Balaban J connectivity index is 2.17. The van der Waals surface area contributed by atoms with E-state index in [4.69, 9.17) is 14.2 Å². The van der Waals surface area contributed by atoms with Crippen molar-refractivity contribution in [1.82, 2.24) is 0 Å². The second-order valence-corrected chi connectivity index (χ2v) is 3.98. The molecule has 0 bridgehead atoms. The standard InChI is InChI=1S/C14H14O3/c1-15-13-11-5-3-2-4-10(11)6-7-12(13)14-16-8-9-17-14/h2-7,14H,8-9H2,1H3. The largest absolute Gasteiger partial charge is 0.496 e. The molecule has 0 aromatic heterocycles. The summed E-state index contributed by atoms with van der Waals surface area (Å²) in [5.74, 6) is 0.843. The van der Waals surface area contributed by atoms with E-state index in [2.05, 4.69) is 12.1 Å². The lowest BCUT2D eigenvalue weighted by Crippen LogP contribution is -2.01. The molecular weight excluding hydrogens is 216 g/mol. The van der Waals surface area contributed by atoms with Crippen LogP contribution in [0, 0.1) is 0 Å². The van der Waals surface area contributed by atoms with Crippen LogP contribution >= 0.6 is 0 Å². The van der Waals surface area contributed by atoms with Crippen LogP contribution in [0.3, 0.4) is 0 Å². The smallest absolute Gasteiger partial charge is 0.187 e. The Morgan fingerprint density at radius 1 is 1.06 bits per heavy atom. The fourth-order valence-corrected chi connectivity index (χ4v) is 2.21. The highest BCUT2D eigenvalue weighted by Gasteiger charge is 2.23. The molecule has 1 saturated heterocycles.